The number of hydrogen-bond acceptors (Lipinski definition) is 4. The standard InChI is InChI=1S/C14H19N3O3/c1-3-15-10-5-8-13(17(19)20)12(9-10)14(18)16(4-2)11-6-7-11/h5,8-9,11,15H,3-4,6-7H2,1-2H3. The number of hydrogen-bond donors (Lipinski definition) is 1. The van der Waals surface area contributed by atoms with Crippen LogP contribution >= 0.6 is 0 Å². The number of carbonyl (C=O) groups is 1. The summed E-state index contributed by atoms with van der Waals surface area (Å²) in [5.74, 6) is -0.249. The van der Waals surface area contributed by atoms with Crippen LogP contribution in [0.25, 0.3) is 0 Å². The van der Waals surface area contributed by atoms with Crippen LogP contribution in [0.1, 0.15) is 37.0 Å². The quantitative estimate of drug-likeness (QED) is 0.640. The van der Waals surface area contributed by atoms with Crippen molar-refractivity contribution < 1.29 is 9.72 Å². The van der Waals surface area contributed by atoms with Gasteiger partial charge in [0.1, 0.15) is 5.56 Å². The summed E-state index contributed by atoms with van der Waals surface area (Å²) >= 11 is 0. The average Bonchev–Trinajstić information content (AvgIpc) is 3.24. The van der Waals surface area contributed by atoms with Crippen molar-refractivity contribution in [2.24, 2.45) is 0 Å². The van der Waals surface area contributed by atoms with E-state index in [0.29, 0.717) is 13.1 Å². The number of nitro benzene ring substituents is 1. The first kappa shape index (κ1) is 14.3. The lowest BCUT2D eigenvalue weighted by molar-refractivity contribution is -0.385. The van der Waals surface area contributed by atoms with E-state index in [2.05, 4.69) is 5.32 Å². The normalized spacial score (nSPS) is 13.9. The zero-order chi connectivity index (χ0) is 14.7. The van der Waals surface area contributed by atoms with Gasteiger partial charge in [-0.15, -0.1) is 0 Å². The van der Waals surface area contributed by atoms with Gasteiger partial charge in [-0.25, -0.2) is 0 Å². The van der Waals surface area contributed by atoms with E-state index in [0.717, 1.165) is 18.5 Å². The Labute approximate surface area is 117 Å². The molecule has 0 atom stereocenters. The highest BCUT2D eigenvalue weighted by atomic mass is 16.6. The van der Waals surface area contributed by atoms with E-state index >= 15 is 0 Å². The van der Waals surface area contributed by atoms with Crippen LogP contribution in [0.3, 0.4) is 0 Å². The second-order valence-electron chi connectivity index (χ2n) is 4.84. The van der Waals surface area contributed by atoms with Gasteiger partial charge < -0.3 is 10.2 Å². The fourth-order valence-electron chi connectivity index (χ4n) is 2.29. The molecule has 1 aromatic rings. The summed E-state index contributed by atoms with van der Waals surface area (Å²) < 4.78 is 0. The molecule has 0 heterocycles. The minimum Gasteiger partial charge on any atom is -0.385 e. The lowest BCUT2D eigenvalue weighted by atomic mass is 10.1. The van der Waals surface area contributed by atoms with Crippen molar-refractivity contribution in [3.8, 4) is 0 Å². The number of nitro groups is 1. The number of nitrogens with one attached hydrogen (secondary N) is 1. The third-order valence-electron chi connectivity index (χ3n) is 3.39. The fraction of sp³-hybridized carbons (Fsp3) is 0.500. The molecule has 20 heavy (non-hydrogen) atoms. The maximum atomic E-state index is 12.5. The number of amides is 1. The van der Waals surface area contributed by atoms with Gasteiger partial charge in [0.25, 0.3) is 11.6 Å². The van der Waals surface area contributed by atoms with Crippen molar-refractivity contribution >= 4 is 17.3 Å². The van der Waals surface area contributed by atoms with Crippen molar-refractivity contribution in [1.29, 1.82) is 0 Å². The molecule has 0 saturated heterocycles. The van der Waals surface area contributed by atoms with Crippen molar-refractivity contribution in [1.82, 2.24) is 4.90 Å². The maximum Gasteiger partial charge on any atom is 0.282 e. The predicted octanol–water partition coefficient (Wildman–Crippen LogP) is 2.65. The minimum atomic E-state index is -0.496. The lowest BCUT2D eigenvalue weighted by Crippen LogP contribution is -2.33. The number of nitrogens with zero attached hydrogens (tertiary/aromatic N) is 2. The van der Waals surface area contributed by atoms with Gasteiger partial charge >= 0.3 is 0 Å². The molecular weight excluding hydrogens is 258 g/mol. The van der Waals surface area contributed by atoms with E-state index in [1.165, 1.54) is 6.07 Å². The molecule has 0 aromatic heterocycles. The van der Waals surface area contributed by atoms with E-state index in [1.54, 1.807) is 17.0 Å². The summed E-state index contributed by atoms with van der Waals surface area (Å²) in [6.45, 7) is 5.11. The molecule has 1 aliphatic rings. The van der Waals surface area contributed by atoms with Crippen LogP contribution in [0.4, 0.5) is 11.4 Å². The van der Waals surface area contributed by atoms with Crippen LogP contribution in [0.2, 0.25) is 0 Å². The van der Waals surface area contributed by atoms with E-state index in [9.17, 15) is 14.9 Å². The van der Waals surface area contributed by atoms with Gasteiger partial charge in [0.15, 0.2) is 0 Å². The molecule has 0 radical (unpaired) electrons. The Hall–Kier alpha value is -2.11. The van der Waals surface area contributed by atoms with Crippen molar-refractivity contribution in [3.05, 3.63) is 33.9 Å². The van der Waals surface area contributed by atoms with Crippen molar-refractivity contribution in [2.45, 2.75) is 32.7 Å². The second-order valence-corrected chi connectivity index (χ2v) is 4.84. The molecule has 108 valence electrons. The third-order valence-corrected chi connectivity index (χ3v) is 3.39. The highest BCUT2D eigenvalue weighted by Gasteiger charge is 2.34. The smallest absolute Gasteiger partial charge is 0.282 e. The van der Waals surface area contributed by atoms with Crippen molar-refractivity contribution in [2.75, 3.05) is 18.4 Å². The molecular formula is C14H19N3O3. The molecule has 0 aliphatic heterocycles. The molecule has 2 rings (SSSR count). The van der Waals surface area contributed by atoms with E-state index < -0.39 is 4.92 Å². The molecule has 6 heteroatoms. The molecule has 1 aromatic carbocycles. The maximum absolute atomic E-state index is 12.5. The summed E-state index contributed by atoms with van der Waals surface area (Å²) in [4.78, 5) is 24.9. The first-order valence-electron chi connectivity index (χ1n) is 6.91. The van der Waals surface area contributed by atoms with Gasteiger partial charge in [0.05, 0.1) is 4.92 Å². The van der Waals surface area contributed by atoms with E-state index in [4.69, 9.17) is 0 Å². The zero-order valence-corrected chi connectivity index (χ0v) is 11.8. The fourth-order valence-corrected chi connectivity index (χ4v) is 2.29. The molecule has 1 N–H and O–H groups in total. The summed E-state index contributed by atoms with van der Waals surface area (Å²) in [6.07, 6.45) is 1.97. The van der Waals surface area contributed by atoms with E-state index in [1.807, 2.05) is 13.8 Å². The predicted molar refractivity (Wildman–Crippen MR) is 77.0 cm³/mol. The van der Waals surface area contributed by atoms with Gasteiger partial charge in [0, 0.05) is 30.9 Å². The summed E-state index contributed by atoms with van der Waals surface area (Å²) in [7, 11) is 0. The van der Waals surface area contributed by atoms with E-state index in [-0.39, 0.29) is 23.2 Å². The SMILES string of the molecule is CCNc1ccc([N+](=O)[O-])c(C(=O)N(CC)C2CC2)c1. The minimum absolute atomic E-state index is 0.129. The van der Waals surface area contributed by atoms with Crippen LogP contribution in [-0.2, 0) is 0 Å². The molecule has 0 spiro atoms. The summed E-state index contributed by atoms with van der Waals surface area (Å²) in [5.41, 5.74) is 0.770. The van der Waals surface area contributed by atoms with Gasteiger partial charge in [-0.2, -0.15) is 0 Å². The van der Waals surface area contributed by atoms with Crippen molar-refractivity contribution in [3.63, 3.8) is 0 Å². The largest absolute Gasteiger partial charge is 0.385 e. The zero-order valence-electron chi connectivity index (χ0n) is 11.8. The lowest BCUT2D eigenvalue weighted by Gasteiger charge is -2.20. The first-order chi connectivity index (χ1) is 9.58. The van der Waals surface area contributed by atoms with Crippen LogP contribution < -0.4 is 5.32 Å². The van der Waals surface area contributed by atoms with Gasteiger partial charge in [0.2, 0.25) is 0 Å². The molecule has 1 aliphatic carbocycles. The monoisotopic (exact) mass is 277 g/mol. The molecule has 6 nitrogen and oxygen atoms in total. The highest BCUT2D eigenvalue weighted by molar-refractivity contribution is 5.99. The number of benzene rings is 1. The average molecular weight is 277 g/mol. The summed E-state index contributed by atoms with van der Waals surface area (Å²) in [5, 5.41) is 14.2. The van der Waals surface area contributed by atoms with Gasteiger partial charge in [-0.05, 0) is 38.8 Å². The Morgan fingerprint density at radius 3 is 2.65 bits per heavy atom. The Morgan fingerprint density at radius 2 is 2.15 bits per heavy atom. The third kappa shape index (κ3) is 2.89. The number of anilines is 1. The van der Waals surface area contributed by atoms with Crippen LogP contribution in [0.5, 0.6) is 0 Å². The van der Waals surface area contributed by atoms with Crippen LogP contribution in [0.15, 0.2) is 18.2 Å². The molecule has 0 bridgehead atoms. The topological polar surface area (TPSA) is 75.5 Å². The number of carbonyl (C=O) groups excluding carboxylic acids is 1. The Kier molecular flexibility index (Phi) is 4.22. The first-order valence-corrected chi connectivity index (χ1v) is 6.91. The summed E-state index contributed by atoms with van der Waals surface area (Å²) in [6, 6.07) is 4.85. The van der Waals surface area contributed by atoms with Gasteiger partial charge in [-0.3, -0.25) is 14.9 Å². The van der Waals surface area contributed by atoms with Crippen LogP contribution in [0, 0.1) is 10.1 Å². The Morgan fingerprint density at radius 1 is 1.45 bits per heavy atom. The molecule has 0 unspecified atom stereocenters. The Bertz CT molecular complexity index is 526. The second kappa shape index (κ2) is 5.90. The number of rotatable bonds is 6. The van der Waals surface area contributed by atoms with Gasteiger partial charge in [-0.1, -0.05) is 0 Å². The molecule has 1 saturated carbocycles. The molecule has 1 fully saturated rings. The highest BCUT2D eigenvalue weighted by Crippen LogP contribution is 2.31. The van der Waals surface area contributed by atoms with Crippen LogP contribution in [-0.4, -0.2) is 34.9 Å². The molecule has 1 amide bonds. The Balaban J connectivity index is 2.37.